The largest absolute Gasteiger partial charge is 0.381 e. The smallest absolute Gasteiger partial charge is 0.292 e. The molecule has 18 heavy (non-hydrogen) atoms. The molecule has 0 unspecified atom stereocenters. The lowest BCUT2D eigenvalue weighted by Crippen LogP contribution is -2.23. The van der Waals surface area contributed by atoms with E-state index >= 15 is 0 Å². The van der Waals surface area contributed by atoms with Crippen molar-refractivity contribution in [2.75, 3.05) is 18.4 Å². The number of halogens is 1. The Labute approximate surface area is 109 Å². The highest BCUT2D eigenvalue weighted by Crippen LogP contribution is 2.15. The van der Waals surface area contributed by atoms with Crippen LogP contribution in [0.5, 0.6) is 0 Å². The molecule has 0 bridgehead atoms. The second-order valence-electron chi connectivity index (χ2n) is 3.64. The van der Waals surface area contributed by atoms with Gasteiger partial charge in [0.2, 0.25) is 0 Å². The van der Waals surface area contributed by atoms with E-state index in [0.717, 1.165) is 0 Å². The van der Waals surface area contributed by atoms with Gasteiger partial charge in [-0.3, -0.25) is 4.79 Å². The third kappa shape index (κ3) is 2.52. The Balaban J connectivity index is 2.41. The van der Waals surface area contributed by atoms with Gasteiger partial charge in [-0.1, -0.05) is 29.8 Å². The van der Waals surface area contributed by atoms with Crippen molar-refractivity contribution in [1.82, 2.24) is 9.78 Å². The predicted molar refractivity (Wildman–Crippen MR) is 72.4 cm³/mol. The molecular weight excluding hydrogens is 252 g/mol. The summed E-state index contributed by atoms with van der Waals surface area (Å²) in [4.78, 5) is 12.1. The molecule has 0 aliphatic carbocycles. The summed E-state index contributed by atoms with van der Waals surface area (Å²) in [5.74, 6) is 0. The summed E-state index contributed by atoms with van der Waals surface area (Å²) in [7, 11) is 0. The standard InChI is InChI=1S/C12H13ClN4O/c13-11-10(15-7-6-14)8-16-17(12(11)18)9-4-2-1-3-5-9/h1-5,8,15H,6-7,14H2. The minimum atomic E-state index is -0.357. The summed E-state index contributed by atoms with van der Waals surface area (Å²) in [6, 6.07) is 9.11. The van der Waals surface area contributed by atoms with E-state index in [1.807, 2.05) is 18.2 Å². The van der Waals surface area contributed by atoms with Crippen LogP contribution in [0.2, 0.25) is 5.02 Å². The number of para-hydroxylation sites is 1. The van der Waals surface area contributed by atoms with Gasteiger partial charge in [0.1, 0.15) is 5.02 Å². The highest BCUT2D eigenvalue weighted by atomic mass is 35.5. The maximum atomic E-state index is 12.1. The van der Waals surface area contributed by atoms with E-state index in [9.17, 15) is 4.79 Å². The van der Waals surface area contributed by atoms with Crippen LogP contribution in [0.1, 0.15) is 0 Å². The Hall–Kier alpha value is -1.85. The van der Waals surface area contributed by atoms with Crippen molar-refractivity contribution in [2.24, 2.45) is 5.73 Å². The van der Waals surface area contributed by atoms with Crippen LogP contribution in [0, 0.1) is 0 Å². The molecule has 2 aromatic rings. The molecule has 0 saturated carbocycles. The van der Waals surface area contributed by atoms with Gasteiger partial charge < -0.3 is 11.1 Å². The van der Waals surface area contributed by atoms with Gasteiger partial charge in [-0.15, -0.1) is 0 Å². The zero-order valence-corrected chi connectivity index (χ0v) is 10.4. The van der Waals surface area contributed by atoms with Crippen LogP contribution in [0.4, 0.5) is 5.69 Å². The highest BCUT2D eigenvalue weighted by Gasteiger charge is 2.09. The molecule has 1 heterocycles. The SMILES string of the molecule is NCCNc1cnn(-c2ccccc2)c(=O)c1Cl. The second-order valence-corrected chi connectivity index (χ2v) is 4.02. The number of aromatic nitrogens is 2. The fourth-order valence-corrected chi connectivity index (χ4v) is 1.71. The molecule has 0 atom stereocenters. The lowest BCUT2D eigenvalue weighted by molar-refractivity contribution is 0.807. The molecule has 94 valence electrons. The molecule has 0 radical (unpaired) electrons. The molecule has 5 nitrogen and oxygen atoms in total. The van der Waals surface area contributed by atoms with E-state index < -0.39 is 0 Å². The number of benzene rings is 1. The van der Waals surface area contributed by atoms with E-state index in [1.165, 1.54) is 10.9 Å². The lowest BCUT2D eigenvalue weighted by Gasteiger charge is -2.09. The van der Waals surface area contributed by atoms with E-state index in [4.69, 9.17) is 17.3 Å². The Morgan fingerprint density at radius 1 is 1.33 bits per heavy atom. The van der Waals surface area contributed by atoms with Crippen molar-refractivity contribution in [3.8, 4) is 5.69 Å². The normalized spacial score (nSPS) is 10.3. The molecule has 0 amide bonds. The lowest BCUT2D eigenvalue weighted by atomic mass is 10.3. The summed E-state index contributed by atoms with van der Waals surface area (Å²) < 4.78 is 1.26. The van der Waals surface area contributed by atoms with E-state index in [2.05, 4.69) is 10.4 Å². The molecule has 0 fully saturated rings. The number of rotatable bonds is 4. The molecule has 0 aliphatic rings. The van der Waals surface area contributed by atoms with Crippen LogP contribution in [-0.4, -0.2) is 22.9 Å². The maximum Gasteiger partial charge on any atom is 0.292 e. The first-order chi connectivity index (χ1) is 8.74. The first-order valence-corrected chi connectivity index (χ1v) is 5.89. The molecular formula is C12H13ClN4O. The third-order valence-corrected chi connectivity index (χ3v) is 2.74. The first kappa shape index (κ1) is 12.6. The number of hydrogen-bond donors (Lipinski definition) is 2. The molecule has 0 aliphatic heterocycles. The fraction of sp³-hybridized carbons (Fsp3) is 0.167. The molecule has 2 rings (SSSR count). The summed E-state index contributed by atoms with van der Waals surface area (Å²) in [6.45, 7) is 0.994. The summed E-state index contributed by atoms with van der Waals surface area (Å²) in [5.41, 5.74) is 6.19. The quantitative estimate of drug-likeness (QED) is 0.872. The number of nitrogens with two attached hydrogens (primary N) is 1. The predicted octanol–water partition coefficient (Wildman–Crippen LogP) is 1.26. The number of hydrogen-bond acceptors (Lipinski definition) is 4. The molecule has 1 aromatic heterocycles. The number of anilines is 1. The topological polar surface area (TPSA) is 72.9 Å². The van der Waals surface area contributed by atoms with Crippen LogP contribution in [0.15, 0.2) is 41.3 Å². The average Bonchev–Trinajstić information content (AvgIpc) is 2.41. The molecule has 6 heteroatoms. The minimum absolute atomic E-state index is 0.113. The molecule has 0 spiro atoms. The van der Waals surface area contributed by atoms with Gasteiger partial charge in [-0.25, -0.2) is 0 Å². The van der Waals surface area contributed by atoms with E-state index in [-0.39, 0.29) is 10.6 Å². The van der Waals surface area contributed by atoms with Gasteiger partial charge in [0.05, 0.1) is 17.6 Å². The Morgan fingerprint density at radius 2 is 2.06 bits per heavy atom. The zero-order chi connectivity index (χ0) is 13.0. The van der Waals surface area contributed by atoms with Crippen molar-refractivity contribution in [3.63, 3.8) is 0 Å². The average molecular weight is 265 g/mol. The van der Waals surface area contributed by atoms with Crippen molar-refractivity contribution in [1.29, 1.82) is 0 Å². The molecule has 3 N–H and O–H groups in total. The van der Waals surface area contributed by atoms with E-state index in [0.29, 0.717) is 24.5 Å². The first-order valence-electron chi connectivity index (χ1n) is 5.51. The van der Waals surface area contributed by atoms with Crippen molar-refractivity contribution >= 4 is 17.3 Å². The number of nitrogens with one attached hydrogen (secondary N) is 1. The van der Waals surface area contributed by atoms with E-state index in [1.54, 1.807) is 12.1 Å². The molecule has 0 saturated heterocycles. The van der Waals surface area contributed by atoms with Gasteiger partial charge >= 0.3 is 0 Å². The molecule has 1 aromatic carbocycles. The third-order valence-electron chi connectivity index (χ3n) is 2.38. The van der Waals surface area contributed by atoms with Crippen molar-refractivity contribution in [2.45, 2.75) is 0 Å². The summed E-state index contributed by atoms with van der Waals surface area (Å²) in [5, 5.41) is 7.14. The Morgan fingerprint density at radius 3 is 2.72 bits per heavy atom. The Bertz CT molecular complexity index is 582. The maximum absolute atomic E-state index is 12.1. The monoisotopic (exact) mass is 264 g/mol. The van der Waals surface area contributed by atoms with Gasteiger partial charge in [-0.2, -0.15) is 9.78 Å². The summed E-state index contributed by atoms with van der Waals surface area (Å²) in [6.07, 6.45) is 1.52. The van der Waals surface area contributed by atoms with Crippen LogP contribution in [0.25, 0.3) is 5.69 Å². The van der Waals surface area contributed by atoms with Crippen LogP contribution >= 0.6 is 11.6 Å². The van der Waals surface area contributed by atoms with Crippen LogP contribution in [-0.2, 0) is 0 Å². The number of nitrogens with zero attached hydrogens (tertiary/aromatic N) is 2. The minimum Gasteiger partial charge on any atom is -0.381 e. The van der Waals surface area contributed by atoms with Crippen LogP contribution in [0.3, 0.4) is 0 Å². The zero-order valence-electron chi connectivity index (χ0n) is 9.64. The Kier molecular flexibility index (Phi) is 3.96. The highest BCUT2D eigenvalue weighted by molar-refractivity contribution is 6.32. The van der Waals surface area contributed by atoms with Gasteiger partial charge in [0.15, 0.2) is 0 Å². The van der Waals surface area contributed by atoms with Crippen molar-refractivity contribution in [3.05, 3.63) is 51.9 Å². The van der Waals surface area contributed by atoms with Crippen molar-refractivity contribution < 1.29 is 0 Å². The van der Waals surface area contributed by atoms with Gasteiger partial charge in [0.25, 0.3) is 5.56 Å². The second kappa shape index (κ2) is 5.66. The van der Waals surface area contributed by atoms with Gasteiger partial charge in [0, 0.05) is 13.1 Å². The summed E-state index contributed by atoms with van der Waals surface area (Å²) >= 11 is 6.01. The van der Waals surface area contributed by atoms with Gasteiger partial charge in [-0.05, 0) is 12.1 Å². The van der Waals surface area contributed by atoms with Crippen LogP contribution < -0.4 is 16.6 Å². The fourth-order valence-electron chi connectivity index (χ4n) is 1.52.